The number of rotatable bonds is 6. The molecule has 41 heavy (non-hydrogen) atoms. The lowest BCUT2D eigenvalue weighted by molar-refractivity contribution is -0.143. The molecule has 4 aromatic rings. The van der Waals surface area contributed by atoms with Gasteiger partial charge in [0.2, 0.25) is 0 Å². The van der Waals surface area contributed by atoms with E-state index >= 15 is 0 Å². The number of nitrogens with one attached hydrogen (secondary N) is 1. The summed E-state index contributed by atoms with van der Waals surface area (Å²) in [5.41, 5.74) is -3.52. The minimum atomic E-state index is -5.08. The Bertz CT molecular complexity index is 1600. The highest BCUT2D eigenvalue weighted by Crippen LogP contribution is 2.38. The van der Waals surface area contributed by atoms with Crippen molar-refractivity contribution in [3.05, 3.63) is 94.0 Å². The molecule has 1 heterocycles. The summed E-state index contributed by atoms with van der Waals surface area (Å²) in [4.78, 5) is 32.6. The van der Waals surface area contributed by atoms with Gasteiger partial charge < -0.3 is 15.0 Å². The zero-order valence-corrected chi connectivity index (χ0v) is 22.0. The molecule has 0 bridgehead atoms. The van der Waals surface area contributed by atoms with Crippen LogP contribution in [0.4, 0.5) is 36.8 Å². The van der Waals surface area contributed by atoms with Gasteiger partial charge in [-0.15, -0.1) is 0 Å². The number of benzene rings is 3. The molecule has 0 aliphatic carbocycles. The van der Waals surface area contributed by atoms with Crippen molar-refractivity contribution in [3.63, 3.8) is 0 Å². The lowest BCUT2D eigenvalue weighted by Gasteiger charge is -2.29. The first-order chi connectivity index (χ1) is 19.2. The average molecular weight is 579 g/mol. The molecule has 13 heteroatoms. The highest BCUT2D eigenvalue weighted by Gasteiger charge is 2.37. The molecule has 1 aromatic heterocycles. The fourth-order valence-corrected chi connectivity index (χ4v) is 4.36. The predicted octanol–water partition coefficient (Wildman–Crippen LogP) is 7.05. The highest BCUT2D eigenvalue weighted by atomic mass is 19.4. The van der Waals surface area contributed by atoms with E-state index in [9.17, 15) is 35.9 Å². The van der Waals surface area contributed by atoms with Crippen molar-refractivity contribution in [2.75, 3.05) is 19.5 Å². The number of fused-ring (bicyclic) bond motifs is 1. The molecule has 3 aromatic carbocycles. The molecule has 0 spiro atoms. The van der Waals surface area contributed by atoms with E-state index < -0.39 is 46.8 Å². The van der Waals surface area contributed by atoms with Crippen molar-refractivity contribution < 1.29 is 35.9 Å². The molecule has 1 N–H and O–H groups in total. The first kappa shape index (κ1) is 29.4. The summed E-state index contributed by atoms with van der Waals surface area (Å²) in [6.45, 7) is 1.69. The smallest absolute Gasteiger partial charge is 0.416 e. The van der Waals surface area contributed by atoms with Gasteiger partial charge >= 0.3 is 18.4 Å². The summed E-state index contributed by atoms with van der Waals surface area (Å²) >= 11 is 0. The van der Waals surface area contributed by atoms with Gasteiger partial charge in [-0.1, -0.05) is 19.1 Å². The molecule has 0 fully saturated rings. The Balaban J connectivity index is 1.78. The van der Waals surface area contributed by atoms with Gasteiger partial charge in [0.1, 0.15) is 11.6 Å². The standard InChI is InChI=1S/C28H24F6N4O3/c1-4-23(37(2)26(40)35-18-14-16(27(29,30)31)13-17(15-18)28(32,33)34)24-36-22-8-6-5-7-21(22)25(39)38(24)19-9-11-20(41-3)12-10-19/h5-15,23H,4H2,1-3H3,(H,35,40). The van der Waals surface area contributed by atoms with Crippen molar-refractivity contribution in [1.29, 1.82) is 0 Å². The number of anilines is 1. The van der Waals surface area contributed by atoms with Crippen LogP contribution in [0.1, 0.15) is 36.3 Å². The van der Waals surface area contributed by atoms with Gasteiger partial charge in [-0.3, -0.25) is 9.36 Å². The van der Waals surface area contributed by atoms with E-state index in [2.05, 4.69) is 10.3 Å². The fraction of sp³-hybridized carbons (Fsp3) is 0.250. The molecule has 0 aliphatic heterocycles. The number of alkyl halides is 6. The van der Waals surface area contributed by atoms with Crippen LogP contribution in [0.15, 0.2) is 71.5 Å². The van der Waals surface area contributed by atoms with Crippen LogP contribution in [-0.2, 0) is 12.4 Å². The van der Waals surface area contributed by atoms with E-state index in [0.717, 1.165) is 4.90 Å². The Kier molecular flexibility index (Phi) is 8.00. The number of carbonyl (C=O) groups is 1. The van der Waals surface area contributed by atoms with Gasteiger partial charge in [0.25, 0.3) is 5.56 Å². The lowest BCUT2D eigenvalue weighted by Crippen LogP contribution is -2.38. The second-order valence-electron chi connectivity index (χ2n) is 9.09. The summed E-state index contributed by atoms with van der Waals surface area (Å²) in [7, 11) is 2.79. The van der Waals surface area contributed by atoms with E-state index in [0.29, 0.717) is 34.5 Å². The summed E-state index contributed by atoms with van der Waals surface area (Å²) in [5.74, 6) is 0.666. The summed E-state index contributed by atoms with van der Waals surface area (Å²) in [6, 6.07) is 12.0. The molecule has 1 atom stereocenters. The van der Waals surface area contributed by atoms with Gasteiger partial charge in [0.15, 0.2) is 0 Å². The van der Waals surface area contributed by atoms with Crippen LogP contribution in [0.5, 0.6) is 5.75 Å². The Morgan fingerprint density at radius 3 is 2.10 bits per heavy atom. The van der Waals surface area contributed by atoms with E-state index in [1.807, 2.05) is 0 Å². The molecule has 216 valence electrons. The van der Waals surface area contributed by atoms with Gasteiger partial charge in [-0.2, -0.15) is 26.3 Å². The quantitative estimate of drug-likeness (QED) is 0.249. The Hall–Kier alpha value is -4.55. The zero-order valence-electron chi connectivity index (χ0n) is 22.0. The van der Waals surface area contributed by atoms with Crippen molar-refractivity contribution >= 4 is 22.6 Å². The van der Waals surface area contributed by atoms with Crippen LogP contribution in [0.2, 0.25) is 0 Å². The summed E-state index contributed by atoms with van der Waals surface area (Å²) in [6.07, 6.45) is -9.97. The van der Waals surface area contributed by atoms with Crippen LogP contribution in [0.25, 0.3) is 16.6 Å². The number of nitrogens with zero attached hydrogens (tertiary/aromatic N) is 3. The largest absolute Gasteiger partial charge is 0.497 e. The van der Waals surface area contributed by atoms with E-state index in [4.69, 9.17) is 4.74 Å². The first-order valence-electron chi connectivity index (χ1n) is 12.2. The number of para-hydroxylation sites is 1. The van der Waals surface area contributed by atoms with E-state index in [1.165, 1.54) is 18.7 Å². The van der Waals surface area contributed by atoms with Crippen LogP contribution >= 0.6 is 0 Å². The zero-order chi connectivity index (χ0) is 30.1. The lowest BCUT2D eigenvalue weighted by atomic mass is 10.1. The molecular weight excluding hydrogens is 554 g/mol. The summed E-state index contributed by atoms with van der Waals surface area (Å²) < 4.78 is 86.4. The molecule has 0 saturated carbocycles. The number of amides is 2. The van der Waals surface area contributed by atoms with Crippen LogP contribution in [-0.4, -0.2) is 34.6 Å². The van der Waals surface area contributed by atoms with Gasteiger partial charge in [-0.05, 0) is 61.0 Å². The van der Waals surface area contributed by atoms with Gasteiger partial charge in [0, 0.05) is 12.7 Å². The maximum atomic E-state index is 13.6. The van der Waals surface area contributed by atoms with Crippen LogP contribution < -0.4 is 15.6 Å². The van der Waals surface area contributed by atoms with Crippen molar-refractivity contribution in [2.45, 2.75) is 31.7 Å². The SMILES string of the molecule is CCC(c1nc2ccccc2c(=O)n1-c1ccc(OC)cc1)N(C)C(=O)Nc1cc(C(F)(F)F)cc(C(F)(F)F)c1. The van der Waals surface area contributed by atoms with E-state index in [-0.39, 0.29) is 18.3 Å². The van der Waals surface area contributed by atoms with Crippen molar-refractivity contribution in [3.8, 4) is 11.4 Å². The number of halogens is 6. The molecular formula is C28H24F6N4O3. The van der Waals surface area contributed by atoms with E-state index in [1.54, 1.807) is 55.5 Å². The third-order valence-corrected chi connectivity index (χ3v) is 6.44. The number of urea groups is 1. The minimum absolute atomic E-state index is 0.0270. The third-order valence-electron chi connectivity index (χ3n) is 6.44. The topological polar surface area (TPSA) is 76.5 Å². The van der Waals surface area contributed by atoms with Crippen molar-refractivity contribution in [2.24, 2.45) is 0 Å². The molecule has 0 radical (unpaired) electrons. The Morgan fingerprint density at radius 2 is 1.56 bits per heavy atom. The average Bonchev–Trinajstić information content (AvgIpc) is 2.92. The Labute approximate surface area is 230 Å². The fourth-order valence-electron chi connectivity index (χ4n) is 4.36. The molecule has 7 nitrogen and oxygen atoms in total. The number of hydrogen-bond acceptors (Lipinski definition) is 4. The van der Waals surface area contributed by atoms with Gasteiger partial charge in [-0.25, -0.2) is 9.78 Å². The Morgan fingerprint density at radius 1 is 0.976 bits per heavy atom. The number of ether oxygens (including phenoxy) is 1. The molecule has 0 saturated heterocycles. The first-order valence-corrected chi connectivity index (χ1v) is 12.2. The second-order valence-corrected chi connectivity index (χ2v) is 9.09. The van der Waals surface area contributed by atoms with Crippen molar-refractivity contribution in [1.82, 2.24) is 14.5 Å². The number of carbonyl (C=O) groups excluding carboxylic acids is 1. The molecule has 4 rings (SSSR count). The predicted molar refractivity (Wildman–Crippen MR) is 140 cm³/mol. The molecule has 0 aliphatic rings. The number of methoxy groups -OCH3 is 1. The normalized spacial score (nSPS) is 12.7. The second kappa shape index (κ2) is 11.1. The molecule has 2 amide bonds. The van der Waals surface area contributed by atoms with Crippen LogP contribution in [0, 0.1) is 0 Å². The van der Waals surface area contributed by atoms with Crippen LogP contribution in [0.3, 0.4) is 0 Å². The molecule has 1 unspecified atom stereocenters. The number of aromatic nitrogens is 2. The van der Waals surface area contributed by atoms with Gasteiger partial charge in [0.05, 0.1) is 40.9 Å². The third kappa shape index (κ3) is 6.13. The summed E-state index contributed by atoms with van der Waals surface area (Å²) in [5, 5.41) is 2.44. The monoisotopic (exact) mass is 578 g/mol. The highest BCUT2D eigenvalue weighted by molar-refractivity contribution is 5.89. The number of hydrogen-bond donors (Lipinski definition) is 1. The maximum absolute atomic E-state index is 13.6. The minimum Gasteiger partial charge on any atom is -0.497 e. The maximum Gasteiger partial charge on any atom is 0.416 e.